The summed E-state index contributed by atoms with van der Waals surface area (Å²) in [6.07, 6.45) is 2.81. The number of pyridine rings is 1. The van der Waals surface area contributed by atoms with Crippen molar-refractivity contribution in [1.29, 1.82) is 0 Å². The molecule has 0 spiro atoms. The minimum atomic E-state index is 0. The van der Waals surface area contributed by atoms with Crippen molar-refractivity contribution in [2.75, 3.05) is 47.4 Å². The highest BCUT2D eigenvalue weighted by atomic mass is 127. The fraction of sp³-hybridized carbons (Fsp3) is 0.455. The maximum atomic E-state index is 5.85. The number of hydrogen-bond donors (Lipinski definition) is 2. The van der Waals surface area contributed by atoms with Gasteiger partial charge in [0.05, 0.1) is 5.69 Å². The Bertz CT molecular complexity index is 730. The lowest BCUT2D eigenvalue weighted by atomic mass is 10.2. The van der Waals surface area contributed by atoms with Gasteiger partial charge in [-0.05, 0) is 43.3 Å². The Morgan fingerprint density at radius 3 is 2.73 bits per heavy atom. The van der Waals surface area contributed by atoms with Crippen LogP contribution in [0.5, 0.6) is 5.75 Å². The zero-order valence-electron chi connectivity index (χ0n) is 18.1. The Balaban J connectivity index is 0.00000450. The zero-order valence-corrected chi connectivity index (χ0v) is 20.5. The van der Waals surface area contributed by atoms with E-state index in [1.54, 1.807) is 20.4 Å². The third kappa shape index (κ3) is 10.7. The Morgan fingerprint density at radius 1 is 1.13 bits per heavy atom. The van der Waals surface area contributed by atoms with Crippen molar-refractivity contribution >= 4 is 29.9 Å². The first-order valence-electron chi connectivity index (χ1n) is 9.95. The molecule has 166 valence electrons. The molecule has 2 rings (SSSR count). The monoisotopic (exact) mass is 527 g/mol. The highest BCUT2D eigenvalue weighted by Crippen LogP contribution is 2.14. The van der Waals surface area contributed by atoms with Crippen LogP contribution in [0.2, 0.25) is 0 Å². The predicted octanol–water partition coefficient (Wildman–Crippen LogP) is 2.91. The van der Waals surface area contributed by atoms with Gasteiger partial charge in [-0.25, -0.2) is 0 Å². The van der Waals surface area contributed by atoms with Gasteiger partial charge in [0, 0.05) is 53.1 Å². The molecule has 1 heterocycles. The van der Waals surface area contributed by atoms with E-state index in [2.05, 4.69) is 38.6 Å². The number of rotatable bonds is 12. The van der Waals surface area contributed by atoms with E-state index in [-0.39, 0.29) is 24.0 Å². The van der Waals surface area contributed by atoms with Crippen molar-refractivity contribution in [3.63, 3.8) is 0 Å². The largest absolute Gasteiger partial charge is 0.487 e. The molecule has 1 aromatic heterocycles. The molecule has 0 saturated carbocycles. The summed E-state index contributed by atoms with van der Waals surface area (Å²) in [6, 6.07) is 13.9. The van der Waals surface area contributed by atoms with Crippen LogP contribution in [0.1, 0.15) is 17.7 Å². The van der Waals surface area contributed by atoms with Gasteiger partial charge in [0.1, 0.15) is 12.4 Å². The van der Waals surface area contributed by atoms with E-state index in [1.165, 1.54) is 0 Å². The normalized spacial score (nSPS) is 11.1. The molecule has 0 atom stereocenters. The van der Waals surface area contributed by atoms with Crippen molar-refractivity contribution in [3.8, 4) is 5.75 Å². The molecule has 7 nitrogen and oxygen atoms in total. The molecule has 2 aromatic rings. The minimum Gasteiger partial charge on any atom is -0.487 e. The Morgan fingerprint density at radius 2 is 2.00 bits per heavy atom. The van der Waals surface area contributed by atoms with E-state index in [4.69, 9.17) is 9.47 Å². The fourth-order valence-corrected chi connectivity index (χ4v) is 2.75. The number of hydrogen-bond acceptors (Lipinski definition) is 5. The summed E-state index contributed by atoms with van der Waals surface area (Å²) in [5, 5.41) is 6.69. The molecular formula is C22H34IN5O2. The summed E-state index contributed by atoms with van der Waals surface area (Å²) in [4.78, 5) is 10.8. The third-order valence-electron chi connectivity index (χ3n) is 4.37. The molecule has 0 radical (unpaired) electrons. The van der Waals surface area contributed by atoms with Gasteiger partial charge in [-0.3, -0.25) is 9.98 Å². The smallest absolute Gasteiger partial charge is 0.191 e. The van der Waals surface area contributed by atoms with E-state index < -0.39 is 0 Å². The summed E-state index contributed by atoms with van der Waals surface area (Å²) in [6.45, 7) is 4.72. The van der Waals surface area contributed by atoms with E-state index in [9.17, 15) is 0 Å². The van der Waals surface area contributed by atoms with Crippen LogP contribution in [-0.4, -0.2) is 63.3 Å². The van der Waals surface area contributed by atoms with Crippen LogP contribution < -0.4 is 15.4 Å². The van der Waals surface area contributed by atoms with Crippen LogP contribution >= 0.6 is 24.0 Å². The number of aliphatic imine (C=N–C) groups is 1. The number of halogens is 1. The van der Waals surface area contributed by atoms with E-state index in [0.29, 0.717) is 13.2 Å². The van der Waals surface area contributed by atoms with Crippen LogP contribution in [0.15, 0.2) is 53.7 Å². The number of methoxy groups -OCH3 is 1. The highest BCUT2D eigenvalue weighted by Gasteiger charge is 2.03. The molecular weight excluding hydrogens is 493 g/mol. The molecule has 0 amide bonds. The lowest BCUT2D eigenvalue weighted by molar-refractivity contribution is 0.180. The standard InChI is InChI=1S/C22H33N5O2.HI/c1-23-22(25-12-14-27(2)13-7-15-28-3)26-17-19-8-6-10-21(16-19)29-18-20-9-4-5-11-24-20;/h4-6,8-11,16H,7,12-15,17-18H2,1-3H3,(H2,23,25,26);1H. The summed E-state index contributed by atoms with van der Waals surface area (Å²) in [5.74, 6) is 1.62. The van der Waals surface area contributed by atoms with E-state index in [0.717, 1.165) is 55.6 Å². The van der Waals surface area contributed by atoms with Crippen LogP contribution in [-0.2, 0) is 17.9 Å². The molecule has 1 aromatic carbocycles. The average molecular weight is 527 g/mol. The second kappa shape index (κ2) is 15.9. The molecule has 0 bridgehead atoms. The average Bonchev–Trinajstić information content (AvgIpc) is 2.76. The first kappa shape index (κ1) is 26.1. The van der Waals surface area contributed by atoms with Crippen molar-refractivity contribution in [2.24, 2.45) is 4.99 Å². The molecule has 0 fully saturated rings. The van der Waals surface area contributed by atoms with E-state index in [1.807, 2.05) is 36.4 Å². The fourth-order valence-electron chi connectivity index (χ4n) is 2.75. The van der Waals surface area contributed by atoms with Crippen LogP contribution in [0, 0.1) is 0 Å². The maximum absolute atomic E-state index is 5.85. The highest BCUT2D eigenvalue weighted by molar-refractivity contribution is 14.0. The van der Waals surface area contributed by atoms with Crippen LogP contribution in [0.3, 0.4) is 0 Å². The number of guanidine groups is 1. The van der Waals surface area contributed by atoms with Gasteiger partial charge in [0.25, 0.3) is 0 Å². The lowest BCUT2D eigenvalue weighted by Gasteiger charge is -2.18. The molecule has 0 unspecified atom stereocenters. The molecule has 2 N–H and O–H groups in total. The minimum absolute atomic E-state index is 0. The second-order valence-electron chi connectivity index (χ2n) is 6.76. The topological polar surface area (TPSA) is 71.0 Å². The van der Waals surface area contributed by atoms with Gasteiger partial charge in [-0.2, -0.15) is 0 Å². The first-order valence-corrected chi connectivity index (χ1v) is 9.95. The van der Waals surface area contributed by atoms with Gasteiger partial charge < -0.3 is 25.0 Å². The van der Waals surface area contributed by atoms with E-state index >= 15 is 0 Å². The molecule has 30 heavy (non-hydrogen) atoms. The van der Waals surface area contributed by atoms with Crippen molar-refractivity contribution < 1.29 is 9.47 Å². The zero-order chi connectivity index (χ0) is 20.7. The Kier molecular flexibility index (Phi) is 13.8. The number of ether oxygens (including phenoxy) is 2. The predicted molar refractivity (Wildman–Crippen MR) is 133 cm³/mol. The van der Waals surface area contributed by atoms with Crippen LogP contribution in [0.25, 0.3) is 0 Å². The molecule has 0 aliphatic heterocycles. The maximum Gasteiger partial charge on any atom is 0.191 e. The van der Waals surface area contributed by atoms with Crippen LogP contribution in [0.4, 0.5) is 0 Å². The molecule has 8 heteroatoms. The second-order valence-corrected chi connectivity index (χ2v) is 6.76. The summed E-state index contributed by atoms with van der Waals surface area (Å²) >= 11 is 0. The SMILES string of the molecule is CN=C(NCCN(C)CCCOC)NCc1cccc(OCc2ccccn2)c1.I. The molecule has 0 aliphatic carbocycles. The van der Waals surface area contributed by atoms with Crippen molar-refractivity contribution in [3.05, 3.63) is 59.9 Å². The molecule has 0 saturated heterocycles. The number of nitrogens with zero attached hydrogens (tertiary/aromatic N) is 3. The summed E-state index contributed by atoms with van der Waals surface area (Å²) < 4.78 is 10.9. The Labute approximate surface area is 197 Å². The number of benzene rings is 1. The van der Waals surface area contributed by atoms with Crippen molar-refractivity contribution in [1.82, 2.24) is 20.5 Å². The van der Waals surface area contributed by atoms with Crippen molar-refractivity contribution in [2.45, 2.75) is 19.6 Å². The molecule has 0 aliphatic rings. The summed E-state index contributed by atoms with van der Waals surface area (Å²) in [7, 11) is 5.63. The number of aromatic nitrogens is 1. The lowest BCUT2D eigenvalue weighted by Crippen LogP contribution is -2.40. The Hall–Kier alpha value is -1.91. The first-order chi connectivity index (χ1) is 14.2. The van der Waals surface area contributed by atoms with Gasteiger partial charge in [-0.15, -0.1) is 24.0 Å². The number of nitrogens with one attached hydrogen (secondary N) is 2. The third-order valence-corrected chi connectivity index (χ3v) is 4.37. The summed E-state index contributed by atoms with van der Waals surface area (Å²) in [5.41, 5.74) is 2.04. The van der Waals surface area contributed by atoms with Gasteiger partial charge in [0.2, 0.25) is 0 Å². The number of likely N-dealkylation sites (N-methyl/N-ethyl adjacent to an activating group) is 1. The van der Waals surface area contributed by atoms with Gasteiger partial charge in [-0.1, -0.05) is 18.2 Å². The quantitative estimate of drug-likeness (QED) is 0.192. The van der Waals surface area contributed by atoms with Gasteiger partial charge >= 0.3 is 0 Å². The van der Waals surface area contributed by atoms with Gasteiger partial charge in [0.15, 0.2) is 5.96 Å².